The Morgan fingerprint density at radius 2 is 2.17 bits per heavy atom. The Morgan fingerprint density at radius 1 is 1.42 bits per heavy atom. The summed E-state index contributed by atoms with van der Waals surface area (Å²) in [4.78, 5) is 19.2. The van der Waals surface area contributed by atoms with Gasteiger partial charge in [0, 0.05) is 34.1 Å². The third-order valence-corrected chi connectivity index (χ3v) is 5.22. The quantitative estimate of drug-likeness (QED) is 0.713. The second-order valence-corrected chi connectivity index (χ2v) is 8.16. The Hall–Kier alpha value is -1.03. The lowest BCUT2D eigenvalue weighted by Crippen LogP contribution is -2.44. The van der Waals surface area contributed by atoms with E-state index in [2.05, 4.69) is 51.6 Å². The molecule has 2 atom stereocenters. The zero-order chi connectivity index (χ0) is 17.1. The average molecular weight is 457 g/mol. The van der Waals surface area contributed by atoms with Crippen LogP contribution in [-0.4, -0.2) is 41.1 Å². The minimum absolute atomic E-state index is 0.122. The highest BCUT2D eigenvalue weighted by Crippen LogP contribution is 2.20. The van der Waals surface area contributed by atoms with Crippen molar-refractivity contribution in [2.24, 2.45) is 0 Å². The molecule has 2 aromatic rings. The van der Waals surface area contributed by atoms with E-state index in [4.69, 9.17) is 4.74 Å². The first-order valence-electron chi connectivity index (χ1n) is 7.89. The molecule has 7 heteroatoms. The fourth-order valence-electron chi connectivity index (χ4n) is 2.88. The molecule has 128 valence electrons. The molecule has 1 aliphatic rings. The Labute approximate surface area is 159 Å². The Balaban J connectivity index is 1.60. The van der Waals surface area contributed by atoms with Gasteiger partial charge in [-0.2, -0.15) is 0 Å². The normalized spacial score (nSPS) is 21.6. The maximum Gasteiger partial charge on any atom is 0.257 e. The van der Waals surface area contributed by atoms with E-state index >= 15 is 0 Å². The number of morpholine rings is 1. The van der Waals surface area contributed by atoms with Crippen molar-refractivity contribution in [3.8, 4) is 0 Å². The van der Waals surface area contributed by atoms with E-state index in [-0.39, 0.29) is 18.1 Å². The van der Waals surface area contributed by atoms with Crippen LogP contribution in [0.3, 0.4) is 0 Å². The van der Waals surface area contributed by atoms with E-state index in [0.29, 0.717) is 10.7 Å². The van der Waals surface area contributed by atoms with E-state index in [1.807, 2.05) is 29.6 Å². The Morgan fingerprint density at radius 3 is 2.88 bits per heavy atom. The first-order chi connectivity index (χ1) is 11.5. The molecule has 1 aliphatic heterocycles. The number of halogens is 1. The minimum Gasteiger partial charge on any atom is -0.373 e. The van der Waals surface area contributed by atoms with Gasteiger partial charge in [-0.05, 0) is 54.6 Å². The molecule has 0 bridgehead atoms. The number of nitrogens with zero attached hydrogens (tertiary/aromatic N) is 2. The number of benzene rings is 1. The van der Waals surface area contributed by atoms with E-state index in [1.54, 1.807) is 0 Å². The molecular weight excluding hydrogens is 437 g/mol. The molecule has 2 heterocycles. The summed E-state index contributed by atoms with van der Waals surface area (Å²) in [6.07, 6.45) is 0.485. The number of ether oxygens (including phenoxy) is 1. The van der Waals surface area contributed by atoms with Crippen LogP contribution in [0.5, 0.6) is 0 Å². The van der Waals surface area contributed by atoms with Crippen LogP contribution in [0.4, 0.5) is 5.13 Å². The predicted octanol–water partition coefficient (Wildman–Crippen LogP) is 3.61. The van der Waals surface area contributed by atoms with Crippen LogP contribution in [0.25, 0.3) is 0 Å². The van der Waals surface area contributed by atoms with Gasteiger partial charge in [-0.1, -0.05) is 6.07 Å². The molecule has 5 nitrogen and oxygen atoms in total. The second kappa shape index (κ2) is 7.90. The van der Waals surface area contributed by atoms with Crippen molar-refractivity contribution in [1.29, 1.82) is 0 Å². The van der Waals surface area contributed by atoms with Gasteiger partial charge in [0.05, 0.1) is 17.9 Å². The zero-order valence-corrected chi connectivity index (χ0v) is 16.6. The van der Waals surface area contributed by atoms with Crippen LogP contribution in [0.1, 0.15) is 29.9 Å². The number of carbonyl (C=O) groups excluding carboxylic acids is 1. The maximum absolute atomic E-state index is 12.3. The first-order valence-corrected chi connectivity index (χ1v) is 9.84. The number of amides is 1. The molecule has 0 unspecified atom stereocenters. The molecular formula is C17H20IN3O2S. The molecule has 0 spiro atoms. The summed E-state index contributed by atoms with van der Waals surface area (Å²) in [5, 5.41) is 5.53. The first kappa shape index (κ1) is 17.8. The topological polar surface area (TPSA) is 54.5 Å². The standard InChI is InChI=1S/C17H20IN3O2S/c1-11-7-21(8-12(2)23-11)9-15-10-24-17(19-15)20-16(22)13-4-3-5-14(18)6-13/h3-6,10-12H,7-9H2,1-2H3,(H,19,20,22)/t11-,12-/m1/s1. The van der Waals surface area contributed by atoms with Crippen LogP contribution < -0.4 is 5.32 Å². The Kier molecular flexibility index (Phi) is 5.85. The summed E-state index contributed by atoms with van der Waals surface area (Å²) >= 11 is 3.66. The highest BCUT2D eigenvalue weighted by molar-refractivity contribution is 14.1. The van der Waals surface area contributed by atoms with Gasteiger partial charge in [0.2, 0.25) is 0 Å². The van der Waals surface area contributed by atoms with Crippen molar-refractivity contribution >= 4 is 45.0 Å². The molecule has 1 aromatic carbocycles. The second-order valence-electron chi connectivity index (χ2n) is 6.06. The van der Waals surface area contributed by atoms with Crippen LogP contribution in [0, 0.1) is 3.57 Å². The van der Waals surface area contributed by atoms with Gasteiger partial charge >= 0.3 is 0 Å². The number of carbonyl (C=O) groups is 1. The van der Waals surface area contributed by atoms with E-state index < -0.39 is 0 Å². The largest absolute Gasteiger partial charge is 0.373 e. The smallest absolute Gasteiger partial charge is 0.257 e. The SMILES string of the molecule is C[C@@H]1CN(Cc2csc(NC(=O)c3cccc(I)c3)n2)C[C@@H](C)O1. The average Bonchev–Trinajstić information content (AvgIpc) is 2.93. The van der Waals surface area contributed by atoms with Crippen molar-refractivity contribution in [3.63, 3.8) is 0 Å². The molecule has 1 amide bonds. The van der Waals surface area contributed by atoms with Crippen LogP contribution in [0.15, 0.2) is 29.6 Å². The van der Waals surface area contributed by atoms with Crippen molar-refractivity contribution < 1.29 is 9.53 Å². The highest BCUT2D eigenvalue weighted by Gasteiger charge is 2.22. The minimum atomic E-state index is -0.122. The van der Waals surface area contributed by atoms with E-state index in [0.717, 1.165) is 28.9 Å². The summed E-state index contributed by atoms with van der Waals surface area (Å²) in [6, 6.07) is 7.51. The Bertz CT molecular complexity index is 711. The molecule has 3 rings (SSSR count). The van der Waals surface area contributed by atoms with Gasteiger partial charge in [0.25, 0.3) is 5.91 Å². The number of hydrogen-bond donors (Lipinski definition) is 1. The summed E-state index contributed by atoms with van der Waals surface area (Å²) in [6.45, 7) is 6.79. The van der Waals surface area contributed by atoms with Crippen molar-refractivity contribution in [3.05, 3.63) is 44.5 Å². The molecule has 1 fully saturated rings. The third kappa shape index (κ3) is 4.75. The van der Waals surface area contributed by atoms with Crippen molar-refractivity contribution in [2.75, 3.05) is 18.4 Å². The monoisotopic (exact) mass is 457 g/mol. The van der Waals surface area contributed by atoms with Gasteiger partial charge in [-0.3, -0.25) is 15.0 Å². The molecule has 1 saturated heterocycles. The number of aromatic nitrogens is 1. The molecule has 24 heavy (non-hydrogen) atoms. The van der Waals surface area contributed by atoms with Gasteiger partial charge in [0.1, 0.15) is 0 Å². The fourth-order valence-corrected chi connectivity index (χ4v) is 4.12. The van der Waals surface area contributed by atoms with E-state index in [9.17, 15) is 4.79 Å². The van der Waals surface area contributed by atoms with Crippen LogP contribution >= 0.6 is 33.9 Å². The number of nitrogens with one attached hydrogen (secondary N) is 1. The predicted molar refractivity (Wildman–Crippen MR) is 105 cm³/mol. The molecule has 0 radical (unpaired) electrons. The van der Waals surface area contributed by atoms with E-state index in [1.165, 1.54) is 11.3 Å². The lowest BCUT2D eigenvalue weighted by molar-refractivity contribution is -0.0707. The number of rotatable bonds is 4. The number of hydrogen-bond acceptors (Lipinski definition) is 5. The van der Waals surface area contributed by atoms with Crippen molar-refractivity contribution in [2.45, 2.75) is 32.6 Å². The fraction of sp³-hybridized carbons (Fsp3) is 0.412. The summed E-state index contributed by atoms with van der Waals surface area (Å²) in [7, 11) is 0. The highest BCUT2D eigenvalue weighted by atomic mass is 127. The maximum atomic E-state index is 12.3. The summed E-state index contributed by atoms with van der Waals surface area (Å²) < 4.78 is 6.79. The molecule has 0 aliphatic carbocycles. The van der Waals surface area contributed by atoms with Gasteiger partial charge in [0.15, 0.2) is 5.13 Å². The number of thiazole rings is 1. The molecule has 0 saturated carbocycles. The van der Waals surface area contributed by atoms with Crippen LogP contribution in [-0.2, 0) is 11.3 Å². The summed E-state index contributed by atoms with van der Waals surface area (Å²) in [5.41, 5.74) is 1.63. The van der Waals surface area contributed by atoms with Gasteiger partial charge in [-0.15, -0.1) is 11.3 Å². The van der Waals surface area contributed by atoms with Gasteiger partial charge in [-0.25, -0.2) is 4.98 Å². The summed E-state index contributed by atoms with van der Waals surface area (Å²) in [5.74, 6) is -0.122. The van der Waals surface area contributed by atoms with Gasteiger partial charge < -0.3 is 4.74 Å². The number of anilines is 1. The lowest BCUT2D eigenvalue weighted by Gasteiger charge is -2.34. The zero-order valence-electron chi connectivity index (χ0n) is 13.7. The van der Waals surface area contributed by atoms with Crippen LogP contribution in [0.2, 0.25) is 0 Å². The lowest BCUT2D eigenvalue weighted by atomic mass is 10.2. The third-order valence-electron chi connectivity index (χ3n) is 3.74. The molecule has 1 N–H and O–H groups in total. The van der Waals surface area contributed by atoms with Crippen molar-refractivity contribution in [1.82, 2.24) is 9.88 Å². The molecule has 1 aromatic heterocycles.